The van der Waals surface area contributed by atoms with Gasteiger partial charge in [-0.05, 0) is 37.3 Å². The molecule has 1 aromatic heterocycles. The SMILES string of the molecule is COc1ccc(C(C)NC(=O)c2cccc(NC(=O)CSc3nncn3C)c2)c(OC)c1. The predicted molar refractivity (Wildman–Crippen MR) is 122 cm³/mol. The molecule has 1 unspecified atom stereocenters. The molecule has 2 aromatic carbocycles. The fourth-order valence-electron chi connectivity index (χ4n) is 3.00. The lowest BCUT2D eigenvalue weighted by Crippen LogP contribution is -2.27. The minimum atomic E-state index is -0.301. The Morgan fingerprint density at radius 2 is 1.97 bits per heavy atom. The molecule has 1 heterocycles. The van der Waals surface area contributed by atoms with Gasteiger partial charge in [0, 0.05) is 29.9 Å². The van der Waals surface area contributed by atoms with Gasteiger partial charge < -0.3 is 24.7 Å². The molecule has 1 atom stereocenters. The van der Waals surface area contributed by atoms with Crippen LogP contribution in [0.2, 0.25) is 0 Å². The van der Waals surface area contributed by atoms with E-state index >= 15 is 0 Å². The molecule has 0 spiro atoms. The van der Waals surface area contributed by atoms with Gasteiger partial charge in [-0.3, -0.25) is 9.59 Å². The molecule has 0 bridgehead atoms. The molecule has 0 fully saturated rings. The van der Waals surface area contributed by atoms with E-state index in [1.54, 1.807) is 55.4 Å². The van der Waals surface area contributed by atoms with Crippen molar-refractivity contribution < 1.29 is 19.1 Å². The number of rotatable bonds is 9. The number of hydrogen-bond donors (Lipinski definition) is 2. The van der Waals surface area contributed by atoms with Crippen LogP contribution < -0.4 is 20.1 Å². The van der Waals surface area contributed by atoms with Crippen LogP contribution in [0.3, 0.4) is 0 Å². The second-order valence-corrected chi connectivity index (χ2v) is 7.89. The second-order valence-electron chi connectivity index (χ2n) is 6.95. The number of benzene rings is 2. The zero-order valence-corrected chi connectivity index (χ0v) is 19.1. The topological polar surface area (TPSA) is 107 Å². The van der Waals surface area contributed by atoms with Gasteiger partial charge in [0.2, 0.25) is 5.91 Å². The summed E-state index contributed by atoms with van der Waals surface area (Å²) >= 11 is 1.28. The highest BCUT2D eigenvalue weighted by molar-refractivity contribution is 7.99. The van der Waals surface area contributed by atoms with Gasteiger partial charge in [-0.15, -0.1) is 10.2 Å². The van der Waals surface area contributed by atoms with Gasteiger partial charge in [-0.2, -0.15) is 0 Å². The number of hydrogen-bond acceptors (Lipinski definition) is 7. The molecule has 10 heteroatoms. The minimum Gasteiger partial charge on any atom is -0.497 e. The van der Waals surface area contributed by atoms with Gasteiger partial charge in [0.05, 0.1) is 26.0 Å². The summed E-state index contributed by atoms with van der Waals surface area (Å²) in [5, 5.41) is 14.1. The van der Waals surface area contributed by atoms with Gasteiger partial charge in [0.1, 0.15) is 17.8 Å². The summed E-state index contributed by atoms with van der Waals surface area (Å²) in [5.41, 5.74) is 1.80. The summed E-state index contributed by atoms with van der Waals surface area (Å²) < 4.78 is 12.4. The molecule has 0 radical (unpaired) electrons. The normalized spacial score (nSPS) is 11.5. The predicted octanol–water partition coefficient (Wildman–Crippen LogP) is 3.05. The van der Waals surface area contributed by atoms with Gasteiger partial charge in [-0.1, -0.05) is 17.8 Å². The first-order valence-electron chi connectivity index (χ1n) is 9.80. The van der Waals surface area contributed by atoms with Crippen LogP contribution >= 0.6 is 11.8 Å². The molecular weight excluding hydrogens is 430 g/mol. The van der Waals surface area contributed by atoms with E-state index in [2.05, 4.69) is 20.8 Å². The number of aryl methyl sites for hydroxylation is 1. The molecule has 0 saturated carbocycles. The summed E-state index contributed by atoms with van der Waals surface area (Å²) in [5.74, 6) is 1.01. The molecule has 0 aliphatic heterocycles. The van der Waals surface area contributed by atoms with Crippen molar-refractivity contribution in [2.75, 3.05) is 25.3 Å². The first-order chi connectivity index (χ1) is 15.4. The van der Waals surface area contributed by atoms with Crippen LogP contribution in [-0.4, -0.2) is 46.6 Å². The van der Waals surface area contributed by atoms with Gasteiger partial charge in [0.25, 0.3) is 5.91 Å². The Balaban J connectivity index is 1.62. The third kappa shape index (κ3) is 5.79. The van der Waals surface area contributed by atoms with Crippen LogP contribution in [0.1, 0.15) is 28.9 Å². The molecule has 9 nitrogen and oxygen atoms in total. The zero-order chi connectivity index (χ0) is 23.1. The smallest absolute Gasteiger partial charge is 0.251 e. The summed E-state index contributed by atoms with van der Waals surface area (Å²) in [4.78, 5) is 25.1. The van der Waals surface area contributed by atoms with E-state index in [0.717, 1.165) is 5.56 Å². The van der Waals surface area contributed by atoms with Crippen molar-refractivity contribution in [3.63, 3.8) is 0 Å². The second kappa shape index (κ2) is 10.7. The first-order valence-corrected chi connectivity index (χ1v) is 10.8. The fourth-order valence-corrected chi connectivity index (χ4v) is 3.69. The Morgan fingerprint density at radius 1 is 1.16 bits per heavy atom. The Hall–Kier alpha value is -3.53. The highest BCUT2D eigenvalue weighted by Gasteiger charge is 2.16. The molecule has 3 aromatic rings. The highest BCUT2D eigenvalue weighted by Crippen LogP contribution is 2.29. The van der Waals surface area contributed by atoms with E-state index in [0.29, 0.717) is 27.9 Å². The lowest BCUT2D eigenvalue weighted by molar-refractivity contribution is -0.113. The van der Waals surface area contributed by atoms with E-state index in [9.17, 15) is 9.59 Å². The van der Waals surface area contributed by atoms with Gasteiger partial charge in [-0.25, -0.2) is 0 Å². The average Bonchev–Trinajstić information content (AvgIpc) is 3.21. The van der Waals surface area contributed by atoms with Crippen molar-refractivity contribution in [1.29, 1.82) is 0 Å². The zero-order valence-electron chi connectivity index (χ0n) is 18.3. The molecular formula is C22H25N5O4S. The molecule has 168 valence electrons. The molecule has 2 amide bonds. The molecule has 0 aliphatic rings. The number of thioether (sulfide) groups is 1. The number of anilines is 1. The van der Waals surface area contributed by atoms with Crippen LogP contribution in [0.15, 0.2) is 53.9 Å². The third-order valence-corrected chi connectivity index (χ3v) is 5.70. The monoisotopic (exact) mass is 455 g/mol. The number of carbonyl (C=O) groups is 2. The number of nitrogens with zero attached hydrogens (tertiary/aromatic N) is 3. The van der Waals surface area contributed by atoms with Crippen molar-refractivity contribution in [2.24, 2.45) is 7.05 Å². The summed E-state index contributed by atoms with van der Waals surface area (Å²) in [6.45, 7) is 1.87. The van der Waals surface area contributed by atoms with E-state index in [-0.39, 0.29) is 23.6 Å². The number of carbonyl (C=O) groups excluding carboxylic acids is 2. The van der Waals surface area contributed by atoms with E-state index in [4.69, 9.17) is 9.47 Å². The van der Waals surface area contributed by atoms with Crippen molar-refractivity contribution in [2.45, 2.75) is 18.1 Å². The minimum absolute atomic E-state index is 0.178. The van der Waals surface area contributed by atoms with Crippen molar-refractivity contribution in [3.05, 3.63) is 59.9 Å². The Labute approximate surface area is 190 Å². The van der Waals surface area contributed by atoms with Crippen molar-refractivity contribution >= 4 is 29.3 Å². The van der Waals surface area contributed by atoms with E-state index < -0.39 is 0 Å². The van der Waals surface area contributed by atoms with E-state index in [1.807, 2.05) is 26.1 Å². The van der Waals surface area contributed by atoms with E-state index in [1.165, 1.54) is 11.8 Å². The number of amides is 2. The van der Waals surface area contributed by atoms with Crippen molar-refractivity contribution in [1.82, 2.24) is 20.1 Å². The number of nitrogens with one attached hydrogen (secondary N) is 2. The lowest BCUT2D eigenvalue weighted by atomic mass is 10.1. The largest absolute Gasteiger partial charge is 0.497 e. The van der Waals surface area contributed by atoms with Crippen LogP contribution in [0.5, 0.6) is 11.5 Å². The molecule has 0 aliphatic carbocycles. The first kappa shape index (κ1) is 23.1. The summed E-state index contributed by atoms with van der Waals surface area (Å²) in [7, 11) is 4.96. The summed E-state index contributed by atoms with van der Waals surface area (Å²) in [6, 6.07) is 11.9. The maximum atomic E-state index is 12.8. The van der Waals surface area contributed by atoms with Crippen molar-refractivity contribution in [3.8, 4) is 11.5 Å². The average molecular weight is 456 g/mol. The number of ether oxygens (including phenoxy) is 2. The maximum Gasteiger partial charge on any atom is 0.251 e. The lowest BCUT2D eigenvalue weighted by Gasteiger charge is -2.18. The van der Waals surface area contributed by atoms with Crippen LogP contribution in [0, 0.1) is 0 Å². The van der Waals surface area contributed by atoms with Crippen LogP contribution in [0.4, 0.5) is 5.69 Å². The van der Waals surface area contributed by atoms with Gasteiger partial charge in [0.15, 0.2) is 5.16 Å². The standard InChI is InChI=1S/C22H25N5O4S/c1-14(18-9-8-17(30-3)11-19(18)31-4)24-21(29)15-6-5-7-16(10-15)25-20(28)12-32-22-26-23-13-27(22)2/h5-11,13-14H,12H2,1-4H3,(H,24,29)(H,25,28). The number of aromatic nitrogens is 3. The van der Waals surface area contributed by atoms with Crippen LogP contribution in [-0.2, 0) is 11.8 Å². The number of methoxy groups -OCH3 is 2. The molecule has 3 rings (SSSR count). The Bertz CT molecular complexity index is 1100. The fraction of sp³-hybridized carbons (Fsp3) is 0.273. The Kier molecular flexibility index (Phi) is 7.72. The third-order valence-electron chi connectivity index (χ3n) is 4.67. The summed E-state index contributed by atoms with van der Waals surface area (Å²) in [6.07, 6.45) is 1.57. The molecule has 2 N–H and O–H groups in total. The maximum absolute atomic E-state index is 12.8. The molecule has 0 saturated heterocycles. The Morgan fingerprint density at radius 3 is 2.66 bits per heavy atom. The van der Waals surface area contributed by atoms with Crippen LogP contribution in [0.25, 0.3) is 0 Å². The highest BCUT2D eigenvalue weighted by atomic mass is 32.2. The van der Waals surface area contributed by atoms with Gasteiger partial charge >= 0.3 is 0 Å². The molecule has 32 heavy (non-hydrogen) atoms. The quantitative estimate of drug-likeness (QED) is 0.478.